The molecule has 0 aliphatic heterocycles. The Morgan fingerprint density at radius 1 is 1.11 bits per heavy atom. The van der Waals surface area contributed by atoms with Gasteiger partial charge in [-0.3, -0.25) is 0 Å². The second-order valence-corrected chi connectivity index (χ2v) is 1.63. The molecular formula is C6H7NO2. The summed E-state index contributed by atoms with van der Waals surface area (Å²) in [6.07, 6.45) is 0. The first kappa shape index (κ1) is 6.32. The minimum absolute atomic E-state index is 0.579. The molecule has 1 aromatic heterocycles. The normalized spacial score (nSPS) is 10.0. The molecule has 1 rings (SSSR count). The molecule has 3 N–H and O–H groups in total. The van der Waals surface area contributed by atoms with E-state index < -0.39 is 0 Å². The smallest absolute Gasteiger partial charge is 0.125 e. The van der Waals surface area contributed by atoms with Gasteiger partial charge in [-0.2, -0.15) is 0 Å². The molecule has 1 heterocycles. The first-order valence-corrected chi connectivity index (χ1v) is 2.50. The topological polar surface area (TPSA) is 56.2 Å². The summed E-state index contributed by atoms with van der Waals surface area (Å²) in [5.41, 5.74) is 1.16. The van der Waals surface area contributed by atoms with Crippen molar-refractivity contribution in [3.63, 3.8) is 0 Å². The first-order chi connectivity index (χ1) is 4.36. The van der Waals surface area contributed by atoms with Crippen molar-refractivity contribution in [2.75, 3.05) is 0 Å². The van der Waals surface area contributed by atoms with E-state index in [1.165, 1.54) is 0 Å². The Hall–Kier alpha value is -0.800. The van der Waals surface area contributed by atoms with Gasteiger partial charge in [0.1, 0.15) is 13.2 Å². The standard InChI is InChI=1S/C6H7NO2/c8-3-5-1-2-6(4-9)7-5/h1-4,7-9H. The molecular weight excluding hydrogens is 118 g/mol. The number of hydrogen-bond acceptors (Lipinski definition) is 2. The molecule has 0 aliphatic rings. The average molecular weight is 125 g/mol. The number of aliphatic hydroxyl groups excluding tert-OH is 2. The molecule has 0 bridgehead atoms. The number of aliphatic hydroxyl groups is 2. The van der Waals surface area contributed by atoms with Crippen LogP contribution in [0.5, 0.6) is 0 Å². The lowest BCUT2D eigenvalue weighted by atomic mass is 10.4. The number of nitrogens with one attached hydrogen (secondary N) is 1. The molecule has 0 aromatic carbocycles. The monoisotopic (exact) mass is 125 g/mol. The summed E-state index contributed by atoms with van der Waals surface area (Å²) in [5.74, 6) is 0. The highest BCUT2D eigenvalue weighted by Crippen LogP contribution is 2.02. The van der Waals surface area contributed by atoms with E-state index in [1.54, 1.807) is 12.1 Å². The Morgan fingerprint density at radius 2 is 1.56 bits per heavy atom. The number of aromatic amines is 1. The molecule has 0 saturated heterocycles. The van der Waals surface area contributed by atoms with E-state index in [0.717, 1.165) is 13.2 Å². The minimum Gasteiger partial charge on any atom is -0.384 e. The van der Waals surface area contributed by atoms with Gasteiger partial charge in [-0.15, -0.1) is 0 Å². The van der Waals surface area contributed by atoms with Gasteiger partial charge >= 0.3 is 0 Å². The fraction of sp³-hybridized carbons (Fsp3) is 0. The van der Waals surface area contributed by atoms with Gasteiger partial charge in [0.25, 0.3) is 0 Å². The fourth-order valence-electron chi connectivity index (χ4n) is 0.580. The third-order valence-corrected chi connectivity index (χ3v) is 1.01. The molecule has 3 nitrogen and oxygen atoms in total. The summed E-state index contributed by atoms with van der Waals surface area (Å²) >= 11 is 0. The van der Waals surface area contributed by atoms with Gasteiger partial charge in [0.2, 0.25) is 0 Å². The van der Waals surface area contributed by atoms with Crippen molar-refractivity contribution in [2.45, 2.75) is 0 Å². The third-order valence-electron chi connectivity index (χ3n) is 1.01. The molecule has 9 heavy (non-hydrogen) atoms. The Balaban J connectivity index is 2.74. The molecule has 48 valence electrons. The number of aromatic nitrogens is 1. The van der Waals surface area contributed by atoms with Gasteiger partial charge in [0.15, 0.2) is 0 Å². The van der Waals surface area contributed by atoms with Crippen LogP contribution in [0.3, 0.4) is 0 Å². The predicted octanol–water partition coefficient (Wildman–Crippen LogP) is 0.779. The molecule has 0 amide bonds. The summed E-state index contributed by atoms with van der Waals surface area (Å²) in [5, 5.41) is 16.8. The van der Waals surface area contributed by atoms with Crippen molar-refractivity contribution >= 4 is 0 Å². The van der Waals surface area contributed by atoms with E-state index in [0.29, 0.717) is 11.4 Å². The lowest BCUT2D eigenvalue weighted by molar-refractivity contribution is 0.404. The molecule has 0 aliphatic carbocycles. The fourth-order valence-corrected chi connectivity index (χ4v) is 0.580. The Kier molecular flexibility index (Phi) is 1.87. The second kappa shape index (κ2) is 2.66. The molecule has 1 aromatic rings. The van der Waals surface area contributed by atoms with Crippen LogP contribution in [0.1, 0.15) is 11.4 Å². The summed E-state index contributed by atoms with van der Waals surface area (Å²) < 4.78 is 0. The van der Waals surface area contributed by atoms with Crippen LogP contribution in [0.2, 0.25) is 0 Å². The quantitative estimate of drug-likeness (QED) is 0.547. The van der Waals surface area contributed by atoms with Crippen LogP contribution in [-0.4, -0.2) is 15.2 Å². The summed E-state index contributed by atoms with van der Waals surface area (Å²) in [4.78, 5) is 2.70. The van der Waals surface area contributed by atoms with Crippen LogP contribution in [0.25, 0.3) is 0 Å². The maximum absolute atomic E-state index is 8.39. The van der Waals surface area contributed by atoms with Crippen LogP contribution in [0.15, 0.2) is 12.1 Å². The lowest BCUT2D eigenvalue weighted by Gasteiger charge is -1.86. The zero-order chi connectivity index (χ0) is 6.69. The van der Waals surface area contributed by atoms with Gasteiger partial charge in [-0.1, -0.05) is 0 Å². The largest absolute Gasteiger partial charge is 0.384 e. The van der Waals surface area contributed by atoms with Gasteiger partial charge in [0.05, 0.1) is 0 Å². The maximum Gasteiger partial charge on any atom is 0.125 e. The van der Waals surface area contributed by atoms with Crippen molar-refractivity contribution in [1.29, 1.82) is 0 Å². The van der Waals surface area contributed by atoms with E-state index in [-0.39, 0.29) is 0 Å². The van der Waals surface area contributed by atoms with Gasteiger partial charge in [-0.05, 0) is 12.1 Å². The molecule has 0 unspecified atom stereocenters. The van der Waals surface area contributed by atoms with Crippen LogP contribution in [-0.2, 0) is 0 Å². The van der Waals surface area contributed by atoms with Crippen molar-refractivity contribution in [3.05, 3.63) is 36.7 Å². The van der Waals surface area contributed by atoms with E-state index in [4.69, 9.17) is 10.2 Å². The molecule has 3 heteroatoms. The van der Waals surface area contributed by atoms with Gasteiger partial charge in [-0.25, -0.2) is 0 Å². The Bertz CT molecular complexity index is 164. The zero-order valence-corrected chi connectivity index (χ0v) is 4.70. The highest BCUT2D eigenvalue weighted by Gasteiger charge is 1.94. The zero-order valence-electron chi connectivity index (χ0n) is 4.70. The molecule has 0 saturated carbocycles. The van der Waals surface area contributed by atoms with Crippen molar-refractivity contribution in [3.8, 4) is 0 Å². The van der Waals surface area contributed by atoms with Crippen molar-refractivity contribution in [1.82, 2.24) is 4.98 Å². The van der Waals surface area contributed by atoms with Crippen LogP contribution in [0.4, 0.5) is 0 Å². The van der Waals surface area contributed by atoms with Crippen LogP contribution < -0.4 is 0 Å². The predicted molar refractivity (Wildman–Crippen MR) is 31.5 cm³/mol. The van der Waals surface area contributed by atoms with Crippen molar-refractivity contribution in [2.24, 2.45) is 0 Å². The maximum atomic E-state index is 8.39. The summed E-state index contributed by atoms with van der Waals surface area (Å²) in [7, 11) is 0. The lowest BCUT2D eigenvalue weighted by Crippen LogP contribution is -1.81. The first-order valence-electron chi connectivity index (χ1n) is 2.50. The highest BCUT2D eigenvalue weighted by atomic mass is 16.3. The van der Waals surface area contributed by atoms with Crippen molar-refractivity contribution < 1.29 is 10.2 Å². The molecule has 0 fully saturated rings. The second-order valence-electron chi connectivity index (χ2n) is 1.63. The number of H-pyrrole nitrogens is 1. The molecule has 2 radical (unpaired) electrons. The average Bonchev–Trinajstić information content (AvgIpc) is 2.34. The van der Waals surface area contributed by atoms with Gasteiger partial charge in [0, 0.05) is 11.4 Å². The number of hydrogen-bond donors (Lipinski definition) is 3. The van der Waals surface area contributed by atoms with Crippen LogP contribution in [0, 0.1) is 13.2 Å². The van der Waals surface area contributed by atoms with E-state index in [2.05, 4.69) is 4.98 Å². The van der Waals surface area contributed by atoms with E-state index in [1.807, 2.05) is 0 Å². The highest BCUT2D eigenvalue weighted by molar-refractivity contribution is 5.19. The van der Waals surface area contributed by atoms with Crippen LogP contribution >= 0.6 is 0 Å². The summed E-state index contributed by atoms with van der Waals surface area (Å²) in [6.45, 7) is 1.88. The SMILES string of the molecule is O[CH]c1ccc([CH]O)[nH]1. The molecule has 0 atom stereocenters. The Morgan fingerprint density at radius 3 is 1.78 bits per heavy atom. The van der Waals surface area contributed by atoms with E-state index >= 15 is 0 Å². The Labute approximate surface area is 53.0 Å². The van der Waals surface area contributed by atoms with E-state index in [9.17, 15) is 0 Å². The third kappa shape index (κ3) is 1.31. The summed E-state index contributed by atoms with van der Waals surface area (Å²) in [6, 6.07) is 3.31. The minimum atomic E-state index is 0.579. The molecule has 0 spiro atoms. The van der Waals surface area contributed by atoms with Gasteiger partial charge < -0.3 is 15.2 Å². The number of rotatable bonds is 2.